The van der Waals surface area contributed by atoms with E-state index in [0.29, 0.717) is 18.2 Å². The fourth-order valence-corrected chi connectivity index (χ4v) is 2.75. The second-order valence-corrected chi connectivity index (χ2v) is 5.90. The van der Waals surface area contributed by atoms with Crippen LogP contribution >= 0.6 is 0 Å². The highest BCUT2D eigenvalue weighted by atomic mass is 32.2. The van der Waals surface area contributed by atoms with E-state index >= 15 is 0 Å². The average molecular weight is 251 g/mol. The Labute approximate surface area is 100 Å². The van der Waals surface area contributed by atoms with Crippen molar-refractivity contribution in [2.75, 3.05) is 12.3 Å². The van der Waals surface area contributed by atoms with Gasteiger partial charge >= 0.3 is 0 Å². The van der Waals surface area contributed by atoms with Crippen molar-refractivity contribution in [2.45, 2.75) is 17.7 Å². The van der Waals surface area contributed by atoms with Gasteiger partial charge in [0.2, 0.25) is 10.0 Å². The van der Waals surface area contributed by atoms with Crippen LogP contribution in [0.2, 0.25) is 0 Å². The van der Waals surface area contributed by atoms with Gasteiger partial charge in [-0.2, -0.15) is 5.26 Å². The summed E-state index contributed by atoms with van der Waals surface area (Å²) in [5.74, 6) is 0.448. The predicted octanol–water partition coefficient (Wildman–Crippen LogP) is 0.829. The van der Waals surface area contributed by atoms with Gasteiger partial charge < -0.3 is 5.73 Å². The van der Waals surface area contributed by atoms with Crippen LogP contribution in [0.4, 0.5) is 5.69 Å². The van der Waals surface area contributed by atoms with E-state index in [1.54, 1.807) is 0 Å². The molecule has 0 radical (unpaired) electrons. The number of nitrogens with zero attached hydrogens (tertiary/aromatic N) is 1. The second kappa shape index (κ2) is 4.35. The molecule has 0 saturated heterocycles. The number of sulfonamides is 1. The zero-order valence-corrected chi connectivity index (χ0v) is 10.00. The molecule has 0 amide bonds. The first-order valence-corrected chi connectivity index (χ1v) is 6.80. The van der Waals surface area contributed by atoms with Crippen molar-refractivity contribution < 1.29 is 8.42 Å². The van der Waals surface area contributed by atoms with Crippen LogP contribution in [0.15, 0.2) is 23.1 Å². The highest BCUT2D eigenvalue weighted by Crippen LogP contribution is 2.28. The summed E-state index contributed by atoms with van der Waals surface area (Å²) in [4.78, 5) is -0.00477. The number of benzene rings is 1. The lowest BCUT2D eigenvalue weighted by atomic mass is 10.2. The first-order chi connectivity index (χ1) is 8.03. The molecule has 1 aliphatic carbocycles. The van der Waals surface area contributed by atoms with Gasteiger partial charge in [0.15, 0.2) is 0 Å². The fraction of sp³-hybridized carbons (Fsp3) is 0.364. The van der Waals surface area contributed by atoms with E-state index in [4.69, 9.17) is 11.0 Å². The lowest BCUT2D eigenvalue weighted by molar-refractivity contribution is 0.577. The van der Waals surface area contributed by atoms with Gasteiger partial charge in [-0.3, -0.25) is 0 Å². The van der Waals surface area contributed by atoms with Gasteiger partial charge in [-0.05, 0) is 37.0 Å². The predicted molar refractivity (Wildman–Crippen MR) is 63.5 cm³/mol. The van der Waals surface area contributed by atoms with Gasteiger partial charge in [0.05, 0.1) is 10.5 Å². The Balaban J connectivity index is 2.28. The molecule has 0 spiro atoms. The molecule has 1 aliphatic rings. The van der Waals surface area contributed by atoms with E-state index in [-0.39, 0.29) is 10.5 Å². The fourth-order valence-electron chi connectivity index (χ4n) is 1.50. The lowest BCUT2D eigenvalue weighted by Gasteiger charge is -2.07. The van der Waals surface area contributed by atoms with E-state index in [1.807, 2.05) is 6.07 Å². The summed E-state index contributed by atoms with van der Waals surface area (Å²) in [5, 5.41) is 8.90. The molecule has 1 saturated carbocycles. The Morgan fingerprint density at radius 2 is 2.18 bits per heavy atom. The van der Waals surface area contributed by atoms with E-state index in [2.05, 4.69) is 4.72 Å². The van der Waals surface area contributed by atoms with Crippen LogP contribution in [0.3, 0.4) is 0 Å². The van der Waals surface area contributed by atoms with Crippen molar-refractivity contribution in [1.82, 2.24) is 4.72 Å². The van der Waals surface area contributed by atoms with Gasteiger partial charge in [-0.1, -0.05) is 0 Å². The summed E-state index contributed by atoms with van der Waals surface area (Å²) in [6, 6.07) is 6.06. The summed E-state index contributed by atoms with van der Waals surface area (Å²) in [6.45, 7) is 0.442. The Morgan fingerprint density at radius 1 is 1.47 bits per heavy atom. The minimum atomic E-state index is -3.60. The SMILES string of the molecule is N#Cc1cc(N)ccc1S(=O)(=O)NCC1CC1. The molecule has 90 valence electrons. The normalized spacial score (nSPS) is 15.5. The Bertz CT molecular complexity index is 571. The van der Waals surface area contributed by atoms with Crippen molar-refractivity contribution in [3.63, 3.8) is 0 Å². The molecular formula is C11H13N3O2S. The van der Waals surface area contributed by atoms with Gasteiger partial charge in [0, 0.05) is 12.2 Å². The smallest absolute Gasteiger partial charge is 0.241 e. The Morgan fingerprint density at radius 3 is 2.76 bits per heavy atom. The number of anilines is 1. The molecule has 0 bridgehead atoms. The summed E-state index contributed by atoms with van der Waals surface area (Å²) in [7, 11) is -3.60. The molecule has 1 fully saturated rings. The molecule has 0 unspecified atom stereocenters. The lowest BCUT2D eigenvalue weighted by Crippen LogP contribution is -2.26. The Hall–Kier alpha value is -1.58. The van der Waals surface area contributed by atoms with E-state index < -0.39 is 10.0 Å². The zero-order chi connectivity index (χ0) is 12.5. The van der Waals surface area contributed by atoms with Crippen LogP contribution in [0, 0.1) is 17.2 Å². The molecule has 5 nitrogen and oxygen atoms in total. The van der Waals surface area contributed by atoms with Gasteiger partial charge in [-0.15, -0.1) is 0 Å². The molecular weight excluding hydrogens is 238 g/mol. The first kappa shape index (κ1) is 11.9. The number of nitrogens with two attached hydrogens (primary N) is 1. The average Bonchev–Trinajstić information content (AvgIpc) is 3.09. The molecule has 3 N–H and O–H groups in total. The number of hydrogen-bond acceptors (Lipinski definition) is 4. The van der Waals surface area contributed by atoms with Crippen molar-refractivity contribution in [2.24, 2.45) is 5.92 Å². The molecule has 0 aliphatic heterocycles. The van der Waals surface area contributed by atoms with Crippen molar-refractivity contribution in [3.8, 4) is 6.07 Å². The minimum Gasteiger partial charge on any atom is -0.399 e. The largest absolute Gasteiger partial charge is 0.399 e. The molecule has 1 aromatic rings. The standard InChI is InChI=1S/C11H13N3O2S/c12-6-9-5-10(13)3-4-11(9)17(15,16)14-7-8-1-2-8/h3-5,8,14H,1-2,7,13H2. The minimum absolute atomic E-state index is 0.00477. The number of nitrogens with one attached hydrogen (secondary N) is 1. The van der Waals surface area contributed by atoms with Crippen LogP contribution < -0.4 is 10.5 Å². The molecule has 17 heavy (non-hydrogen) atoms. The third kappa shape index (κ3) is 2.75. The quantitative estimate of drug-likeness (QED) is 0.775. The third-order valence-electron chi connectivity index (χ3n) is 2.67. The van der Waals surface area contributed by atoms with Crippen molar-refractivity contribution in [3.05, 3.63) is 23.8 Å². The van der Waals surface area contributed by atoms with Crippen molar-refractivity contribution >= 4 is 15.7 Å². The topological polar surface area (TPSA) is 96.0 Å². The molecule has 1 aromatic carbocycles. The third-order valence-corrected chi connectivity index (χ3v) is 4.15. The first-order valence-electron chi connectivity index (χ1n) is 5.32. The van der Waals surface area contributed by atoms with Crippen LogP contribution in [0.25, 0.3) is 0 Å². The molecule has 0 atom stereocenters. The van der Waals surface area contributed by atoms with E-state index in [9.17, 15) is 8.42 Å². The number of hydrogen-bond donors (Lipinski definition) is 2. The van der Waals surface area contributed by atoms with Gasteiger partial charge in [0.25, 0.3) is 0 Å². The summed E-state index contributed by atoms with van der Waals surface area (Å²) in [6.07, 6.45) is 2.13. The second-order valence-electron chi connectivity index (χ2n) is 4.16. The summed E-state index contributed by atoms with van der Waals surface area (Å²) in [5.41, 5.74) is 5.97. The highest BCUT2D eigenvalue weighted by Gasteiger charge is 2.25. The summed E-state index contributed by atoms with van der Waals surface area (Å²) >= 11 is 0. The van der Waals surface area contributed by atoms with Crippen LogP contribution in [-0.2, 0) is 10.0 Å². The maximum absolute atomic E-state index is 12.0. The highest BCUT2D eigenvalue weighted by molar-refractivity contribution is 7.89. The number of rotatable bonds is 4. The molecule has 2 rings (SSSR count). The molecule has 0 heterocycles. The van der Waals surface area contributed by atoms with E-state index in [1.165, 1.54) is 18.2 Å². The number of nitriles is 1. The van der Waals surface area contributed by atoms with Gasteiger partial charge in [0.1, 0.15) is 6.07 Å². The molecule has 0 aromatic heterocycles. The summed E-state index contributed by atoms with van der Waals surface area (Å²) < 4.78 is 26.4. The van der Waals surface area contributed by atoms with Crippen molar-refractivity contribution in [1.29, 1.82) is 5.26 Å². The monoisotopic (exact) mass is 251 g/mol. The zero-order valence-electron chi connectivity index (χ0n) is 9.18. The maximum atomic E-state index is 12.0. The Kier molecular flexibility index (Phi) is 3.05. The molecule has 6 heteroatoms. The van der Waals surface area contributed by atoms with Crippen LogP contribution in [-0.4, -0.2) is 15.0 Å². The van der Waals surface area contributed by atoms with Crippen LogP contribution in [0.5, 0.6) is 0 Å². The maximum Gasteiger partial charge on any atom is 0.241 e. The van der Waals surface area contributed by atoms with Gasteiger partial charge in [-0.25, -0.2) is 13.1 Å². The van der Waals surface area contributed by atoms with E-state index in [0.717, 1.165) is 12.8 Å². The number of nitrogen functional groups attached to an aromatic ring is 1. The van der Waals surface area contributed by atoms with Crippen LogP contribution in [0.1, 0.15) is 18.4 Å².